The van der Waals surface area contributed by atoms with Gasteiger partial charge in [0, 0.05) is 64.0 Å². The Morgan fingerprint density at radius 1 is 0.763 bits per heavy atom. The van der Waals surface area contributed by atoms with E-state index in [4.69, 9.17) is 24.7 Å². The second-order valence-electron chi connectivity index (χ2n) is 18.2. The number of likely N-dealkylation sites (N-methyl/N-ethyl adjacent to an activating group) is 2. The van der Waals surface area contributed by atoms with Crippen molar-refractivity contribution < 1.29 is 53.3 Å². The van der Waals surface area contributed by atoms with Gasteiger partial charge in [-0.15, -0.1) is 22.1 Å². The van der Waals surface area contributed by atoms with Crippen LogP contribution in [0.5, 0.6) is 0 Å². The van der Waals surface area contributed by atoms with E-state index in [0.29, 0.717) is 86.2 Å². The molecule has 59 heavy (non-hydrogen) atoms. The third-order valence-corrected chi connectivity index (χ3v) is 11.7. The zero-order chi connectivity index (χ0) is 42.9. The molecule has 0 spiro atoms. The van der Waals surface area contributed by atoms with Gasteiger partial charge in [-0.1, -0.05) is 50.1 Å². The minimum atomic E-state index is -0.504. The first-order chi connectivity index (χ1) is 27.1. The molecular formula is C45H64N8O5Pd+2. The SMILES string of the molecule is CC[C@H]1c2cc3[n-]c(c(CC(=O)OC)c4nc(cc5[n-]c(cc(n2)[C@@H]1C)c(C(C)=O)c5C)[C@@H](C)[C@@H]4CCC(=O)NCC[N+](C)(C)C)c(C(=O)NCC[N+](C)(C)C)c3C.[Pd+2]. The summed E-state index contributed by atoms with van der Waals surface area (Å²) < 4.78 is 6.65. The summed E-state index contributed by atoms with van der Waals surface area (Å²) in [6.45, 7) is 14.1. The largest absolute Gasteiger partial charge is 2.00 e. The molecule has 13 nitrogen and oxygen atoms in total. The molecule has 4 atom stereocenters. The average Bonchev–Trinajstić information content (AvgIpc) is 3.81. The molecule has 5 heterocycles. The molecule has 2 amide bonds. The van der Waals surface area contributed by atoms with E-state index in [2.05, 4.69) is 73.7 Å². The number of fused-ring (bicyclic) bond motifs is 8. The van der Waals surface area contributed by atoms with Crippen LogP contribution in [0.25, 0.3) is 22.1 Å². The van der Waals surface area contributed by atoms with E-state index in [-0.39, 0.29) is 74.5 Å². The van der Waals surface area contributed by atoms with Crippen LogP contribution in [0, 0.1) is 13.8 Å². The van der Waals surface area contributed by atoms with Gasteiger partial charge in [0.05, 0.1) is 82.0 Å². The number of carbonyl (C=O) groups is 4. The molecule has 0 unspecified atom stereocenters. The quantitative estimate of drug-likeness (QED) is 0.0946. The van der Waals surface area contributed by atoms with Crippen LogP contribution < -0.4 is 20.6 Å². The summed E-state index contributed by atoms with van der Waals surface area (Å²) in [5, 5.41) is 6.20. The Balaban J connectivity index is 0.00000769. The van der Waals surface area contributed by atoms with Crippen LogP contribution >= 0.6 is 0 Å². The maximum Gasteiger partial charge on any atom is 2.00 e. The van der Waals surface area contributed by atoms with Crippen molar-refractivity contribution in [3.05, 3.63) is 68.8 Å². The van der Waals surface area contributed by atoms with Crippen molar-refractivity contribution in [2.45, 2.75) is 90.9 Å². The van der Waals surface area contributed by atoms with Gasteiger partial charge in [-0.25, -0.2) is 0 Å². The predicted octanol–water partition coefficient (Wildman–Crippen LogP) is 5.33. The van der Waals surface area contributed by atoms with Crippen LogP contribution in [-0.2, 0) is 41.2 Å². The molecule has 0 aromatic carbocycles. The third-order valence-electron chi connectivity index (χ3n) is 11.7. The standard InChI is InChI=1S/C45H64N8O5.Pd/c1-14-30-25(2)33-24-38-41(29(6)54)27(4)35(49-38)22-34-26(3)31(15-16-39(55)46-17-19-52(7,8)9)43(50-34)32(21-40(56)58-13)44-42(45(57)47-18-20-53(10,11)12)28(5)36(51-44)23-37(30)48-33;/h22-26,30-31H,14-21H2,1-13H3,(H2-2,46,47,48,49,50,51,54,55,57);/q;+2/t25-,26+,30-,31+;/m1./s1. The predicted molar refractivity (Wildman–Crippen MR) is 227 cm³/mol. The van der Waals surface area contributed by atoms with Crippen molar-refractivity contribution in [3.63, 3.8) is 0 Å². The van der Waals surface area contributed by atoms with Crippen molar-refractivity contribution in [3.8, 4) is 0 Å². The molecule has 14 heteroatoms. The van der Waals surface area contributed by atoms with Crippen LogP contribution in [0.15, 0.2) is 18.2 Å². The topological polar surface area (TPSA) is 156 Å². The van der Waals surface area contributed by atoms with E-state index in [9.17, 15) is 19.2 Å². The van der Waals surface area contributed by atoms with E-state index in [1.54, 1.807) is 6.92 Å². The van der Waals surface area contributed by atoms with Crippen LogP contribution in [0.2, 0.25) is 0 Å². The summed E-state index contributed by atoms with van der Waals surface area (Å²) >= 11 is 0. The summed E-state index contributed by atoms with van der Waals surface area (Å²) in [4.78, 5) is 74.9. The smallest absolute Gasteiger partial charge is 0.657 e. The number of quaternary nitrogens is 2. The van der Waals surface area contributed by atoms with Gasteiger partial charge < -0.3 is 34.3 Å². The van der Waals surface area contributed by atoms with Crippen molar-refractivity contribution in [2.24, 2.45) is 0 Å². The van der Waals surface area contributed by atoms with Crippen molar-refractivity contribution in [1.82, 2.24) is 30.6 Å². The van der Waals surface area contributed by atoms with Gasteiger partial charge in [-0.2, -0.15) is 0 Å². The normalized spacial score (nSPS) is 17.9. The zero-order valence-corrected chi connectivity index (χ0v) is 38.8. The number of hydrogen-bond donors (Lipinski definition) is 2. The maximum atomic E-state index is 14.4. The minimum absolute atomic E-state index is 0. The summed E-state index contributed by atoms with van der Waals surface area (Å²) in [5.41, 5.74) is 7.87. The maximum absolute atomic E-state index is 14.4. The number of rotatable bonds is 14. The van der Waals surface area contributed by atoms with E-state index in [1.165, 1.54) is 7.11 Å². The van der Waals surface area contributed by atoms with Gasteiger partial charge in [0.1, 0.15) is 0 Å². The fourth-order valence-corrected chi connectivity index (χ4v) is 8.18. The Hall–Kier alpha value is -4.22. The number of nitrogens with one attached hydrogen (secondary N) is 2. The number of ketones is 1. The second kappa shape index (κ2) is 19.0. The van der Waals surface area contributed by atoms with E-state index in [0.717, 1.165) is 34.4 Å². The molecule has 3 aromatic rings. The van der Waals surface area contributed by atoms with Gasteiger partial charge in [0.25, 0.3) is 0 Å². The van der Waals surface area contributed by atoms with Gasteiger partial charge in [0.15, 0.2) is 5.78 Å². The van der Waals surface area contributed by atoms with E-state index < -0.39 is 5.97 Å². The summed E-state index contributed by atoms with van der Waals surface area (Å²) in [6.07, 6.45) is 1.27. The molecule has 322 valence electrons. The van der Waals surface area contributed by atoms with E-state index in [1.807, 2.05) is 32.0 Å². The van der Waals surface area contributed by atoms with Gasteiger partial charge in [-0.05, 0) is 39.2 Å². The number of aryl methyl sites for hydroxylation is 2. The van der Waals surface area contributed by atoms with Crippen molar-refractivity contribution in [1.29, 1.82) is 0 Å². The number of hydrogen-bond acceptors (Lipinski definition) is 7. The minimum Gasteiger partial charge on any atom is -0.657 e. The number of ether oxygens (including phenoxy) is 1. The number of carbonyl (C=O) groups excluding carboxylic acids is 4. The number of aromatic nitrogens is 4. The molecule has 0 saturated carbocycles. The Labute approximate surface area is 363 Å². The first-order valence-corrected chi connectivity index (χ1v) is 20.5. The number of amides is 2. The number of nitrogens with zero attached hydrogens (tertiary/aromatic N) is 6. The molecule has 0 radical (unpaired) electrons. The summed E-state index contributed by atoms with van der Waals surface area (Å²) in [5.74, 6) is -1.41. The fraction of sp³-hybridized carbons (Fsp3) is 0.556. The van der Waals surface area contributed by atoms with Crippen molar-refractivity contribution in [2.75, 3.05) is 75.6 Å². The van der Waals surface area contributed by atoms with Crippen LogP contribution in [0.3, 0.4) is 0 Å². The van der Waals surface area contributed by atoms with Gasteiger partial charge in [0.2, 0.25) is 11.8 Å². The summed E-state index contributed by atoms with van der Waals surface area (Å²) in [7, 11) is 13.8. The first kappa shape index (κ1) is 47.5. The molecule has 3 aromatic heterocycles. The van der Waals surface area contributed by atoms with Gasteiger partial charge in [-0.3, -0.25) is 29.1 Å². The Morgan fingerprint density at radius 2 is 1.31 bits per heavy atom. The molecule has 0 aliphatic carbocycles. The Kier molecular flexibility index (Phi) is 15.3. The van der Waals surface area contributed by atoms with E-state index >= 15 is 0 Å². The number of Topliss-reactive ketones (excluding diaryl/α,β-unsaturated/α-hetero) is 1. The zero-order valence-electron chi connectivity index (χ0n) is 37.2. The summed E-state index contributed by atoms with van der Waals surface area (Å²) in [6, 6.07) is 5.81. The molecule has 2 aliphatic heterocycles. The first-order valence-electron chi connectivity index (χ1n) is 20.5. The Morgan fingerprint density at radius 3 is 1.90 bits per heavy atom. The molecular weight excluding hydrogens is 839 g/mol. The molecule has 2 aliphatic rings. The molecule has 8 bridgehead atoms. The second-order valence-corrected chi connectivity index (χ2v) is 18.2. The molecule has 0 fully saturated rings. The van der Waals surface area contributed by atoms with Gasteiger partial charge >= 0.3 is 26.4 Å². The van der Waals surface area contributed by atoms with Crippen LogP contribution in [-0.4, -0.2) is 118 Å². The number of methoxy groups -OCH3 is 1. The number of esters is 1. The molecule has 2 N–H and O–H groups in total. The molecule has 5 rings (SSSR count). The molecule has 0 saturated heterocycles. The van der Waals surface area contributed by atoms with Crippen LogP contribution in [0.1, 0.15) is 131 Å². The van der Waals surface area contributed by atoms with Crippen molar-refractivity contribution >= 4 is 45.6 Å². The van der Waals surface area contributed by atoms with Crippen LogP contribution in [0.4, 0.5) is 0 Å². The Bertz CT molecular complexity index is 2250. The third kappa shape index (κ3) is 10.9. The monoisotopic (exact) mass is 902 g/mol. The average molecular weight is 903 g/mol. The fourth-order valence-electron chi connectivity index (χ4n) is 8.18.